The third kappa shape index (κ3) is 1.44. The minimum absolute atomic E-state index is 0.0587. The first kappa shape index (κ1) is 16.4. The highest BCUT2D eigenvalue weighted by Crippen LogP contribution is 2.67. The second-order valence-corrected chi connectivity index (χ2v) is 10.3. The third-order valence-electron chi connectivity index (χ3n) is 9.55. The molecule has 0 radical (unpaired) electrons. The number of hydrogen-bond acceptors (Lipinski definition) is 3. The molecule has 0 unspecified atom stereocenters. The summed E-state index contributed by atoms with van der Waals surface area (Å²) in [6.45, 7) is 13.0. The zero-order chi connectivity index (χ0) is 17.8. The summed E-state index contributed by atoms with van der Waals surface area (Å²) in [4.78, 5) is 25.7. The Labute approximate surface area is 145 Å². The van der Waals surface area contributed by atoms with Crippen molar-refractivity contribution in [3.63, 3.8) is 0 Å². The van der Waals surface area contributed by atoms with Gasteiger partial charge in [0.05, 0.1) is 5.41 Å². The van der Waals surface area contributed by atoms with E-state index in [1.807, 2.05) is 20.8 Å². The average molecular weight is 333 g/mol. The fourth-order valence-corrected chi connectivity index (χ4v) is 6.44. The molecule has 4 nitrogen and oxygen atoms in total. The Balaban J connectivity index is 1.62. The maximum Gasteiger partial charge on any atom is 0.313 e. The molecule has 5 atom stereocenters. The molecule has 4 heteroatoms. The highest BCUT2D eigenvalue weighted by molar-refractivity contribution is 5.96. The van der Waals surface area contributed by atoms with Crippen molar-refractivity contribution in [3.05, 3.63) is 0 Å². The largest absolute Gasteiger partial charge is 0.448 e. The van der Waals surface area contributed by atoms with Gasteiger partial charge in [-0.1, -0.05) is 34.6 Å². The summed E-state index contributed by atoms with van der Waals surface area (Å²) >= 11 is 0. The van der Waals surface area contributed by atoms with Crippen molar-refractivity contribution < 1.29 is 14.3 Å². The number of carbonyl (C=O) groups excluding carboxylic acids is 2. The van der Waals surface area contributed by atoms with Crippen LogP contribution in [0.2, 0.25) is 0 Å². The lowest BCUT2D eigenvalue weighted by Crippen LogP contribution is -2.58. The van der Waals surface area contributed by atoms with Gasteiger partial charge in [-0.15, -0.1) is 0 Å². The molecule has 24 heavy (non-hydrogen) atoms. The second-order valence-electron chi connectivity index (χ2n) is 10.3. The van der Waals surface area contributed by atoms with Gasteiger partial charge < -0.3 is 10.1 Å². The highest BCUT2D eigenvalue weighted by atomic mass is 16.6. The van der Waals surface area contributed by atoms with Crippen LogP contribution in [-0.2, 0) is 14.3 Å². The van der Waals surface area contributed by atoms with Crippen molar-refractivity contribution in [1.29, 1.82) is 0 Å². The van der Waals surface area contributed by atoms with Gasteiger partial charge in [-0.2, -0.15) is 0 Å². The summed E-state index contributed by atoms with van der Waals surface area (Å²) in [5, 5.41) is 3.34. The summed E-state index contributed by atoms with van der Waals surface area (Å²) in [5.41, 5.74) is -1.59. The number of ether oxygens (including phenoxy) is 1. The molecular formula is C20H31NO3. The van der Waals surface area contributed by atoms with Gasteiger partial charge in [0.2, 0.25) is 0 Å². The Morgan fingerprint density at radius 1 is 1.08 bits per heavy atom. The van der Waals surface area contributed by atoms with Crippen LogP contribution in [-0.4, -0.2) is 23.5 Å². The van der Waals surface area contributed by atoms with E-state index in [1.165, 1.54) is 12.8 Å². The van der Waals surface area contributed by atoms with Crippen molar-refractivity contribution in [3.8, 4) is 0 Å². The van der Waals surface area contributed by atoms with Crippen LogP contribution < -0.4 is 5.32 Å². The zero-order valence-corrected chi connectivity index (χ0v) is 15.9. The van der Waals surface area contributed by atoms with Gasteiger partial charge >= 0.3 is 5.97 Å². The lowest BCUT2D eigenvalue weighted by atomic mass is 9.65. The molecule has 1 aliphatic heterocycles. The molecule has 4 rings (SSSR count). The predicted octanol–water partition coefficient (Wildman–Crippen LogP) is 3.44. The Kier molecular flexibility index (Phi) is 2.86. The molecule has 4 fully saturated rings. The van der Waals surface area contributed by atoms with E-state index in [0.29, 0.717) is 12.3 Å². The minimum atomic E-state index is -0.985. The van der Waals surface area contributed by atoms with E-state index < -0.39 is 16.4 Å². The molecule has 3 saturated carbocycles. The molecule has 4 bridgehead atoms. The van der Waals surface area contributed by atoms with Crippen LogP contribution in [0.15, 0.2) is 0 Å². The normalized spacial score (nSPS) is 50.2. The number of amides is 1. The molecule has 1 heterocycles. The first-order chi connectivity index (χ1) is 10.9. The SMILES string of the molecule is CC1(C)[C@H]2CC[C@@]1(C)[C@H](NC(=O)[C@]13CC[C@](C)(C(=O)O1)C3(C)C)C2. The Morgan fingerprint density at radius 2 is 1.75 bits per heavy atom. The number of rotatable bonds is 2. The van der Waals surface area contributed by atoms with Gasteiger partial charge in [0.1, 0.15) is 0 Å². The van der Waals surface area contributed by atoms with E-state index in [0.717, 1.165) is 12.8 Å². The summed E-state index contributed by atoms with van der Waals surface area (Å²) in [5.74, 6) is 0.420. The molecule has 1 amide bonds. The lowest BCUT2D eigenvalue weighted by Gasteiger charge is -2.42. The average Bonchev–Trinajstić information content (AvgIpc) is 2.97. The number of nitrogens with one attached hydrogen (secondary N) is 1. The van der Waals surface area contributed by atoms with Gasteiger partial charge in [0.15, 0.2) is 5.60 Å². The van der Waals surface area contributed by atoms with E-state index in [-0.39, 0.29) is 28.7 Å². The fraction of sp³-hybridized carbons (Fsp3) is 0.900. The molecule has 0 aromatic carbocycles. The van der Waals surface area contributed by atoms with Crippen LogP contribution >= 0.6 is 0 Å². The van der Waals surface area contributed by atoms with Crippen LogP contribution in [0.1, 0.15) is 73.6 Å². The Hall–Kier alpha value is -1.06. The first-order valence-electron chi connectivity index (χ1n) is 9.47. The molecule has 1 N–H and O–H groups in total. The van der Waals surface area contributed by atoms with Gasteiger partial charge in [-0.05, 0) is 55.8 Å². The van der Waals surface area contributed by atoms with Gasteiger partial charge in [-0.25, -0.2) is 0 Å². The second kappa shape index (κ2) is 4.19. The van der Waals surface area contributed by atoms with Gasteiger partial charge in [0.25, 0.3) is 5.91 Å². The quantitative estimate of drug-likeness (QED) is 0.788. The van der Waals surface area contributed by atoms with Crippen molar-refractivity contribution >= 4 is 11.9 Å². The maximum absolute atomic E-state index is 13.3. The van der Waals surface area contributed by atoms with E-state index >= 15 is 0 Å². The van der Waals surface area contributed by atoms with Gasteiger partial charge in [-0.3, -0.25) is 9.59 Å². The number of esters is 1. The summed E-state index contributed by atoms with van der Waals surface area (Å²) in [6, 6.07) is 0.190. The molecule has 4 aliphatic rings. The molecule has 0 spiro atoms. The number of carbonyl (C=O) groups is 2. The number of fused-ring (bicyclic) bond motifs is 4. The Bertz CT molecular complexity index is 639. The fourth-order valence-electron chi connectivity index (χ4n) is 6.44. The summed E-state index contributed by atoms with van der Waals surface area (Å²) in [6.07, 6.45) is 4.87. The molecular weight excluding hydrogens is 302 g/mol. The molecule has 3 aliphatic carbocycles. The molecule has 1 saturated heterocycles. The van der Waals surface area contributed by atoms with Crippen LogP contribution in [0.3, 0.4) is 0 Å². The lowest BCUT2D eigenvalue weighted by molar-refractivity contribution is -0.169. The van der Waals surface area contributed by atoms with Crippen LogP contribution in [0, 0.1) is 27.6 Å². The van der Waals surface area contributed by atoms with Crippen LogP contribution in [0.4, 0.5) is 0 Å². The van der Waals surface area contributed by atoms with Crippen LogP contribution in [0.5, 0.6) is 0 Å². The monoisotopic (exact) mass is 333 g/mol. The van der Waals surface area contributed by atoms with E-state index in [9.17, 15) is 9.59 Å². The topological polar surface area (TPSA) is 55.4 Å². The Morgan fingerprint density at radius 3 is 2.17 bits per heavy atom. The van der Waals surface area contributed by atoms with E-state index in [1.54, 1.807) is 0 Å². The first-order valence-corrected chi connectivity index (χ1v) is 9.47. The maximum atomic E-state index is 13.3. The standard InChI is InChI=1S/C20H31NO3/c1-16(2)12-7-8-18(16,5)13(11-12)21-14(22)20-10-9-19(6,15(23)24-20)17(20,3)4/h12-13H,7-11H2,1-6H3,(H,21,22)/t12-,13+,18-,19+,20-/m0/s1. The number of hydrogen-bond donors (Lipinski definition) is 1. The summed E-state index contributed by atoms with van der Waals surface area (Å²) < 4.78 is 5.75. The van der Waals surface area contributed by atoms with Crippen molar-refractivity contribution in [2.75, 3.05) is 0 Å². The molecule has 134 valence electrons. The smallest absolute Gasteiger partial charge is 0.313 e. The van der Waals surface area contributed by atoms with Crippen LogP contribution in [0.25, 0.3) is 0 Å². The molecule has 0 aromatic heterocycles. The minimum Gasteiger partial charge on any atom is -0.448 e. The summed E-state index contributed by atoms with van der Waals surface area (Å²) in [7, 11) is 0. The third-order valence-corrected chi connectivity index (χ3v) is 9.55. The van der Waals surface area contributed by atoms with Crippen molar-refractivity contribution in [1.82, 2.24) is 5.32 Å². The van der Waals surface area contributed by atoms with Crippen molar-refractivity contribution in [2.45, 2.75) is 85.3 Å². The predicted molar refractivity (Wildman–Crippen MR) is 91.1 cm³/mol. The van der Waals surface area contributed by atoms with Crippen molar-refractivity contribution in [2.24, 2.45) is 27.6 Å². The van der Waals surface area contributed by atoms with Gasteiger partial charge in [0, 0.05) is 11.5 Å². The zero-order valence-electron chi connectivity index (χ0n) is 15.9. The highest BCUT2D eigenvalue weighted by Gasteiger charge is 2.76. The van der Waals surface area contributed by atoms with E-state index in [4.69, 9.17) is 4.74 Å². The van der Waals surface area contributed by atoms with E-state index in [2.05, 4.69) is 26.1 Å². The molecule has 0 aromatic rings.